The fourth-order valence-electron chi connectivity index (χ4n) is 1.83. The van der Waals surface area contributed by atoms with Gasteiger partial charge in [-0.2, -0.15) is 0 Å². The van der Waals surface area contributed by atoms with Crippen LogP contribution in [0.15, 0.2) is 18.2 Å². The molecule has 19 heavy (non-hydrogen) atoms. The molecule has 0 heterocycles. The second kappa shape index (κ2) is 6.89. The summed E-state index contributed by atoms with van der Waals surface area (Å²) >= 11 is 0. The number of anilines is 1. The van der Waals surface area contributed by atoms with Crippen LogP contribution in [0.1, 0.15) is 44.9 Å². The van der Waals surface area contributed by atoms with Crippen LogP contribution in [0.4, 0.5) is 5.69 Å². The van der Waals surface area contributed by atoms with Crippen molar-refractivity contribution in [2.45, 2.75) is 45.9 Å². The third-order valence-electron chi connectivity index (χ3n) is 2.79. The molecule has 0 aromatic heterocycles. The van der Waals surface area contributed by atoms with Crippen molar-refractivity contribution < 1.29 is 10.2 Å². The predicted molar refractivity (Wildman–Crippen MR) is 79.2 cm³/mol. The number of hydrogen-bond acceptors (Lipinski definition) is 4. The predicted octanol–water partition coefficient (Wildman–Crippen LogP) is 2.03. The molecular weight excluding hydrogens is 240 g/mol. The van der Waals surface area contributed by atoms with Crippen LogP contribution in [-0.2, 0) is 6.61 Å². The van der Waals surface area contributed by atoms with Gasteiger partial charge in [0.25, 0.3) is 0 Å². The van der Waals surface area contributed by atoms with Gasteiger partial charge in [-0.25, -0.2) is 0 Å². The fraction of sp³-hybridized carbons (Fsp3) is 0.600. The van der Waals surface area contributed by atoms with E-state index >= 15 is 0 Å². The van der Waals surface area contributed by atoms with Crippen molar-refractivity contribution in [1.82, 2.24) is 5.32 Å². The Kier molecular flexibility index (Phi) is 5.79. The summed E-state index contributed by atoms with van der Waals surface area (Å²) in [6.45, 7) is 9.49. The molecule has 1 aromatic rings. The Hall–Kier alpha value is -1.10. The first-order valence-electron chi connectivity index (χ1n) is 6.77. The summed E-state index contributed by atoms with van der Waals surface area (Å²) in [7, 11) is 0. The summed E-state index contributed by atoms with van der Waals surface area (Å²) in [6.07, 6.45) is -0.580. The van der Waals surface area contributed by atoms with Crippen molar-refractivity contribution in [3.8, 4) is 0 Å². The van der Waals surface area contributed by atoms with Gasteiger partial charge in [-0.3, -0.25) is 0 Å². The van der Waals surface area contributed by atoms with Crippen molar-refractivity contribution in [3.05, 3.63) is 29.3 Å². The van der Waals surface area contributed by atoms with E-state index in [2.05, 4.69) is 31.4 Å². The molecule has 0 bridgehead atoms. The highest BCUT2D eigenvalue weighted by molar-refractivity contribution is 5.49. The smallest absolute Gasteiger partial charge is 0.0915 e. The lowest BCUT2D eigenvalue weighted by molar-refractivity contribution is 0.163. The van der Waals surface area contributed by atoms with Crippen molar-refractivity contribution in [2.75, 3.05) is 18.4 Å². The van der Waals surface area contributed by atoms with E-state index in [1.54, 1.807) is 0 Å². The minimum Gasteiger partial charge on any atom is -0.392 e. The maximum atomic E-state index is 10.2. The molecule has 4 heteroatoms. The van der Waals surface area contributed by atoms with E-state index in [9.17, 15) is 10.2 Å². The van der Waals surface area contributed by atoms with E-state index in [1.165, 1.54) is 0 Å². The maximum Gasteiger partial charge on any atom is 0.0915 e. The first-order chi connectivity index (χ1) is 8.85. The summed E-state index contributed by atoms with van der Waals surface area (Å²) in [5.41, 5.74) is 2.53. The molecule has 1 rings (SSSR count). The number of nitrogens with one attached hydrogen (secondary N) is 2. The lowest BCUT2D eigenvalue weighted by Crippen LogP contribution is -2.38. The molecule has 0 fully saturated rings. The van der Waals surface area contributed by atoms with Gasteiger partial charge >= 0.3 is 0 Å². The van der Waals surface area contributed by atoms with Crippen LogP contribution in [0.2, 0.25) is 0 Å². The van der Waals surface area contributed by atoms with Crippen molar-refractivity contribution in [1.29, 1.82) is 0 Å². The van der Waals surface area contributed by atoms with Crippen LogP contribution in [0.5, 0.6) is 0 Å². The highest BCUT2D eigenvalue weighted by Gasteiger charge is 2.14. The Morgan fingerprint density at radius 2 is 1.89 bits per heavy atom. The van der Waals surface area contributed by atoms with Gasteiger partial charge in [-0.15, -0.1) is 0 Å². The number of rotatable bonds is 6. The number of benzene rings is 1. The average Bonchev–Trinajstić information content (AvgIpc) is 2.35. The van der Waals surface area contributed by atoms with Crippen LogP contribution in [0, 0.1) is 0 Å². The van der Waals surface area contributed by atoms with Crippen LogP contribution < -0.4 is 10.6 Å². The SMILES string of the molecule is CCNc1cc(CO)cc(C(O)CNC(C)(C)C)c1. The Bertz CT molecular complexity index is 400. The van der Waals surface area contributed by atoms with Gasteiger partial charge in [0.15, 0.2) is 0 Å². The standard InChI is InChI=1S/C15H26N2O2/c1-5-16-13-7-11(10-18)6-12(8-13)14(19)9-17-15(2,3)4/h6-8,14,16-19H,5,9-10H2,1-4H3. The second-order valence-electron chi connectivity index (χ2n) is 5.80. The van der Waals surface area contributed by atoms with Crippen LogP contribution in [0.25, 0.3) is 0 Å². The zero-order valence-corrected chi connectivity index (χ0v) is 12.3. The zero-order valence-electron chi connectivity index (χ0n) is 12.3. The van der Waals surface area contributed by atoms with Gasteiger partial charge in [-0.05, 0) is 51.0 Å². The zero-order chi connectivity index (χ0) is 14.5. The minimum atomic E-state index is -0.580. The molecule has 0 radical (unpaired) electrons. The number of aliphatic hydroxyl groups excluding tert-OH is 2. The molecule has 0 aliphatic heterocycles. The Balaban J connectivity index is 2.82. The fourth-order valence-corrected chi connectivity index (χ4v) is 1.83. The molecule has 0 spiro atoms. The van der Waals surface area contributed by atoms with Gasteiger partial charge in [0.1, 0.15) is 0 Å². The van der Waals surface area contributed by atoms with Gasteiger partial charge < -0.3 is 20.8 Å². The Morgan fingerprint density at radius 1 is 1.21 bits per heavy atom. The monoisotopic (exact) mass is 266 g/mol. The van der Waals surface area contributed by atoms with E-state index < -0.39 is 6.10 Å². The quantitative estimate of drug-likeness (QED) is 0.636. The van der Waals surface area contributed by atoms with Crippen molar-refractivity contribution in [2.24, 2.45) is 0 Å². The summed E-state index contributed by atoms with van der Waals surface area (Å²) in [4.78, 5) is 0. The summed E-state index contributed by atoms with van der Waals surface area (Å²) in [6, 6.07) is 5.67. The largest absolute Gasteiger partial charge is 0.392 e. The highest BCUT2D eigenvalue weighted by Crippen LogP contribution is 2.21. The normalized spacial score (nSPS) is 13.4. The summed E-state index contributed by atoms with van der Waals surface area (Å²) in [5.74, 6) is 0. The first-order valence-corrected chi connectivity index (χ1v) is 6.77. The van der Waals surface area contributed by atoms with E-state index in [0.717, 1.165) is 23.4 Å². The molecule has 0 saturated carbocycles. The molecule has 0 saturated heterocycles. The molecule has 1 aromatic carbocycles. The van der Waals surface area contributed by atoms with Crippen molar-refractivity contribution >= 4 is 5.69 Å². The third-order valence-corrected chi connectivity index (χ3v) is 2.79. The molecule has 0 aliphatic rings. The molecule has 1 unspecified atom stereocenters. The van der Waals surface area contributed by atoms with Crippen LogP contribution in [0.3, 0.4) is 0 Å². The Morgan fingerprint density at radius 3 is 2.42 bits per heavy atom. The molecule has 1 atom stereocenters. The topological polar surface area (TPSA) is 64.5 Å². The highest BCUT2D eigenvalue weighted by atomic mass is 16.3. The van der Waals surface area contributed by atoms with E-state index in [-0.39, 0.29) is 12.1 Å². The van der Waals surface area contributed by atoms with Gasteiger partial charge in [-0.1, -0.05) is 6.07 Å². The molecular formula is C15H26N2O2. The summed E-state index contributed by atoms with van der Waals surface area (Å²) < 4.78 is 0. The molecule has 4 nitrogen and oxygen atoms in total. The van der Waals surface area contributed by atoms with Crippen molar-refractivity contribution in [3.63, 3.8) is 0 Å². The maximum absolute atomic E-state index is 10.2. The van der Waals surface area contributed by atoms with Gasteiger partial charge in [0.05, 0.1) is 12.7 Å². The third kappa shape index (κ3) is 5.59. The molecule has 0 aliphatic carbocycles. The van der Waals surface area contributed by atoms with E-state index in [4.69, 9.17) is 0 Å². The molecule has 108 valence electrons. The lowest BCUT2D eigenvalue weighted by atomic mass is 10.0. The second-order valence-corrected chi connectivity index (χ2v) is 5.80. The molecule has 4 N–H and O–H groups in total. The molecule has 0 amide bonds. The van der Waals surface area contributed by atoms with Crippen LogP contribution in [-0.4, -0.2) is 28.8 Å². The van der Waals surface area contributed by atoms with E-state index in [1.807, 2.05) is 25.1 Å². The number of β-amino-alcohol motifs (C(OH)–C–C–N with tert-alkyl or cyclic N) is 1. The first kappa shape index (κ1) is 16.0. The summed E-state index contributed by atoms with van der Waals surface area (Å²) in [5, 5.41) is 26.0. The minimum absolute atomic E-state index is 0.0222. The average molecular weight is 266 g/mol. The lowest BCUT2D eigenvalue weighted by Gasteiger charge is -2.23. The van der Waals surface area contributed by atoms with Gasteiger partial charge in [0, 0.05) is 24.3 Å². The van der Waals surface area contributed by atoms with Gasteiger partial charge in [0.2, 0.25) is 0 Å². The van der Waals surface area contributed by atoms with E-state index in [0.29, 0.717) is 6.54 Å². The number of aliphatic hydroxyl groups is 2. The number of hydrogen-bond donors (Lipinski definition) is 4. The van der Waals surface area contributed by atoms with Crippen LogP contribution >= 0.6 is 0 Å². The Labute approximate surface area is 115 Å².